The molecule has 0 spiro atoms. The van der Waals surface area contributed by atoms with Crippen LogP contribution in [0.3, 0.4) is 0 Å². The number of thioether (sulfide) groups is 1. The maximum atomic E-state index is 4.00. The highest BCUT2D eigenvalue weighted by Crippen LogP contribution is 2.33. The van der Waals surface area contributed by atoms with Crippen molar-refractivity contribution in [2.75, 3.05) is 18.1 Å². The third kappa shape index (κ3) is 0.926. The molecule has 2 aliphatic heterocycles. The fraction of sp³-hybridized carbons (Fsp3) is 0.857. The van der Waals surface area contributed by atoms with Crippen LogP contribution in [0.15, 0.2) is 5.10 Å². The second-order valence-electron chi connectivity index (χ2n) is 3.06. The Labute approximate surface area is 65.7 Å². The summed E-state index contributed by atoms with van der Waals surface area (Å²) >= 11 is 2.06. The van der Waals surface area contributed by atoms with Crippen molar-refractivity contribution in [2.24, 2.45) is 11.0 Å². The van der Waals surface area contributed by atoms with E-state index in [1.807, 2.05) is 0 Å². The van der Waals surface area contributed by atoms with E-state index < -0.39 is 0 Å². The summed E-state index contributed by atoms with van der Waals surface area (Å²) in [6, 6.07) is 0.709. The van der Waals surface area contributed by atoms with E-state index in [1.165, 1.54) is 17.9 Å². The Bertz CT molecular complexity index is 149. The Morgan fingerprint density at radius 2 is 2.40 bits per heavy atom. The second-order valence-corrected chi connectivity index (χ2v) is 4.13. The van der Waals surface area contributed by atoms with E-state index >= 15 is 0 Å². The fourth-order valence-corrected chi connectivity index (χ4v) is 3.10. The molecule has 0 amide bonds. The Kier molecular flexibility index (Phi) is 1.60. The van der Waals surface area contributed by atoms with Gasteiger partial charge in [0.2, 0.25) is 0 Å². The van der Waals surface area contributed by atoms with Crippen molar-refractivity contribution in [1.82, 2.24) is 5.01 Å². The van der Waals surface area contributed by atoms with Gasteiger partial charge >= 0.3 is 0 Å². The summed E-state index contributed by atoms with van der Waals surface area (Å²) in [5.41, 5.74) is 0. The molecule has 2 heterocycles. The smallest absolute Gasteiger partial charge is 0.0564 e. The van der Waals surface area contributed by atoms with Gasteiger partial charge in [-0.2, -0.15) is 16.9 Å². The molecule has 0 aromatic carbocycles. The molecule has 0 aromatic rings. The fourth-order valence-electron chi connectivity index (χ4n) is 1.81. The van der Waals surface area contributed by atoms with E-state index in [4.69, 9.17) is 0 Å². The molecule has 2 fully saturated rings. The molecule has 2 rings (SSSR count). The van der Waals surface area contributed by atoms with Crippen LogP contribution in [0.4, 0.5) is 0 Å². The van der Waals surface area contributed by atoms with Crippen LogP contribution in [0.1, 0.15) is 6.42 Å². The lowest BCUT2D eigenvalue weighted by Gasteiger charge is -2.20. The van der Waals surface area contributed by atoms with E-state index in [0.717, 1.165) is 12.5 Å². The van der Waals surface area contributed by atoms with Gasteiger partial charge in [-0.05, 0) is 18.1 Å². The SMILES string of the molecule is C=NN1CC2CSCC1C2. The highest BCUT2D eigenvalue weighted by molar-refractivity contribution is 7.99. The van der Waals surface area contributed by atoms with Gasteiger partial charge in [0.1, 0.15) is 0 Å². The zero-order valence-electron chi connectivity index (χ0n) is 5.99. The van der Waals surface area contributed by atoms with E-state index in [1.54, 1.807) is 0 Å². The first-order chi connectivity index (χ1) is 4.90. The molecule has 0 saturated carbocycles. The van der Waals surface area contributed by atoms with Crippen LogP contribution < -0.4 is 0 Å². The Hall–Kier alpha value is -0.180. The van der Waals surface area contributed by atoms with Crippen LogP contribution in [0.2, 0.25) is 0 Å². The highest BCUT2D eigenvalue weighted by Gasteiger charge is 2.34. The lowest BCUT2D eigenvalue weighted by atomic mass is 10.1. The molecule has 0 aromatic heterocycles. The molecule has 2 aliphatic rings. The standard InChI is InChI=1S/C7H12N2S/c1-8-9-3-6-2-7(9)5-10-4-6/h6-7H,1-5H2. The molecule has 0 aliphatic carbocycles. The van der Waals surface area contributed by atoms with Gasteiger partial charge in [0, 0.05) is 19.0 Å². The first-order valence-corrected chi connectivity index (χ1v) is 4.86. The minimum Gasteiger partial charge on any atom is -0.293 e. The second kappa shape index (κ2) is 2.46. The van der Waals surface area contributed by atoms with Gasteiger partial charge in [0.25, 0.3) is 0 Å². The van der Waals surface area contributed by atoms with Crippen molar-refractivity contribution in [3.8, 4) is 0 Å². The zero-order valence-corrected chi connectivity index (χ0v) is 6.81. The van der Waals surface area contributed by atoms with Crippen molar-refractivity contribution in [2.45, 2.75) is 12.5 Å². The van der Waals surface area contributed by atoms with Gasteiger partial charge < -0.3 is 0 Å². The number of fused-ring (bicyclic) bond motifs is 2. The lowest BCUT2D eigenvalue weighted by Crippen LogP contribution is -2.25. The third-order valence-electron chi connectivity index (χ3n) is 2.32. The highest BCUT2D eigenvalue weighted by atomic mass is 32.2. The summed E-state index contributed by atoms with van der Waals surface area (Å²) in [6.07, 6.45) is 1.35. The van der Waals surface area contributed by atoms with Crippen molar-refractivity contribution >= 4 is 18.5 Å². The van der Waals surface area contributed by atoms with Crippen LogP contribution in [0.25, 0.3) is 0 Å². The van der Waals surface area contributed by atoms with E-state index in [2.05, 4.69) is 28.6 Å². The van der Waals surface area contributed by atoms with Crippen LogP contribution in [0, 0.1) is 5.92 Å². The summed E-state index contributed by atoms with van der Waals surface area (Å²) < 4.78 is 0. The number of nitrogens with zero attached hydrogens (tertiary/aromatic N) is 2. The summed E-state index contributed by atoms with van der Waals surface area (Å²) in [7, 11) is 0. The first kappa shape index (κ1) is 6.53. The predicted octanol–water partition coefficient (Wildman–Crippen LogP) is 1.04. The molecule has 10 heavy (non-hydrogen) atoms. The largest absolute Gasteiger partial charge is 0.293 e. The van der Waals surface area contributed by atoms with Crippen LogP contribution in [0.5, 0.6) is 0 Å². The molecular weight excluding hydrogens is 144 g/mol. The molecule has 2 nitrogen and oxygen atoms in total. The number of hydrogen-bond donors (Lipinski definition) is 0. The summed E-state index contributed by atoms with van der Waals surface area (Å²) in [5.74, 6) is 3.49. The monoisotopic (exact) mass is 156 g/mol. The molecule has 2 atom stereocenters. The Morgan fingerprint density at radius 3 is 3.10 bits per heavy atom. The van der Waals surface area contributed by atoms with Crippen LogP contribution in [-0.2, 0) is 0 Å². The minimum absolute atomic E-state index is 0.709. The molecule has 2 bridgehead atoms. The first-order valence-electron chi connectivity index (χ1n) is 3.71. The average Bonchev–Trinajstić information content (AvgIpc) is 2.26. The van der Waals surface area contributed by atoms with Gasteiger partial charge in [0.15, 0.2) is 0 Å². The number of rotatable bonds is 1. The summed E-state index contributed by atoms with van der Waals surface area (Å²) in [5, 5.41) is 6.16. The zero-order chi connectivity index (χ0) is 6.97. The number of hydrogen-bond acceptors (Lipinski definition) is 3. The quantitative estimate of drug-likeness (QED) is 0.527. The molecule has 0 N–H and O–H groups in total. The van der Waals surface area contributed by atoms with Crippen molar-refractivity contribution in [1.29, 1.82) is 0 Å². The predicted molar refractivity (Wildman–Crippen MR) is 45.5 cm³/mol. The van der Waals surface area contributed by atoms with Crippen LogP contribution in [-0.4, -0.2) is 35.8 Å². The van der Waals surface area contributed by atoms with Gasteiger partial charge in [-0.1, -0.05) is 0 Å². The van der Waals surface area contributed by atoms with Gasteiger partial charge in [-0.3, -0.25) is 5.01 Å². The molecule has 3 heteroatoms. The summed E-state index contributed by atoms with van der Waals surface area (Å²) in [4.78, 5) is 0. The van der Waals surface area contributed by atoms with Gasteiger partial charge in [0.05, 0.1) is 6.04 Å². The molecular formula is C7H12N2S. The van der Waals surface area contributed by atoms with Crippen molar-refractivity contribution < 1.29 is 0 Å². The van der Waals surface area contributed by atoms with Crippen molar-refractivity contribution in [3.63, 3.8) is 0 Å². The molecule has 2 unspecified atom stereocenters. The molecule has 2 saturated heterocycles. The minimum atomic E-state index is 0.709. The summed E-state index contributed by atoms with van der Waals surface area (Å²) in [6.45, 7) is 4.72. The van der Waals surface area contributed by atoms with E-state index in [9.17, 15) is 0 Å². The maximum absolute atomic E-state index is 4.00. The third-order valence-corrected chi connectivity index (χ3v) is 3.65. The van der Waals surface area contributed by atoms with E-state index in [-0.39, 0.29) is 0 Å². The maximum Gasteiger partial charge on any atom is 0.0564 e. The molecule has 0 radical (unpaired) electrons. The average molecular weight is 156 g/mol. The number of hydrazone groups is 1. The topological polar surface area (TPSA) is 15.6 Å². The normalized spacial score (nSPS) is 38.2. The van der Waals surface area contributed by atoms with E-state index in [0.29, 0.717) is 6.04 Å². The molecule has 56 valence electrons. The van der Waals surface area contributed by atoms with Gasteiger partial charge in [-0.25, -0.2) is 0 Å². The Morgan fingerprint density at radius 1 is 1.50 bits per heavy atom. The van der Waals surface area contributed by atoms with Gasteiger partial charge in [-0.15, -0.1) is 0 Å². The van der Waals surface area contributed by atoms with Crippen LogP contribution >= 0.6 is 11.8 Å². The lowest BCUT2D eigenvalue weighted by molar-refractivity contribution is 0.288. The Balaban J connectivity index is 2.07. The van der Waals surface area contributed by atoms with Crippen molar-refractivity contribution in [3.05, 3.63) is 0 Å².